The Morgan fingerprint density at radius 3 is 2.88 bits per heavy atom. The first kappa shape index (κ1) is 12.2. The van der Waals surface area contributed by atoms with Crippen LogP contribution in [0.5, 0.6) is 0 Å². The summed E-state index contributed by atoms with van der Waals surface area (Å²) in [6.45, 7) is 5.50. The smallest absolute Gasteiger partial charge is 0.0579 e. The highest BCUT2D eigenvalue weighted by Crippen LogP contribution is 2.25. The van der Waals surface area contributed by atoms with Gasteiger partial charge in [-0.25, -0.2) is 0 Å². The van der Waals surface area contributed by atoms with E-state index in [0.717, 1.165) is 23.5 Å². The quantitative estimate of drug-likeness (QED) is 0.771. The van der Waals surface area contributed by atoms with E-state index in [-0.39, 0.29) is 0 Å². The monoisotopic (exact) mass is 233 g/mol. The zero-order chi connectivity index (χ0) is 12.4. The molecule has 1 aromatic rings. The van der Waals surface area contributed by atoms with Crippen LogP contribution in [-0.4, -0.2) is 30.6 Å². The molecule has 0 radical (unpaired) electrons. The summed E-state index contributed by atoms with van der Waals surface area (Å²) in [4.78, 5) is 2.41. The molecule has 2 unspecified atom stereocenters. The number of aryl methyl sites for hydroxylation is 1. The number of nitrogens with one attached hydrogen (secondary N) is 1. The van der Waals surface area contributed by atoms with Crippen LogP contribution in [0.15, 0.2) is 18.2 Å². The lowest BCUT2D eigenvalue weighted by Crippen LogP contribution is -2.42. The lowest BCUT2D eigenvalue weighted by Gasteiger charge is -2.36. The van der Waals surface area contributed by atoms with Gasteiger partial charge in [0.15, 0.2) is 0 Å². The Morgan fingerprint density at radius 1 is 1.41 bits per heavy atom. The van der Waals surface area contributed by atoms with Gasteiger partial charge in [0.25, 0.3) is 0 Å². The molecule has 0 saturated carbocycles. The van der Waals surface area contributed by atoms with Crippen LogP contribution in [0.3, 0.4) is 0 Å². The highest BCUT2D eigenvalue weighted by atomic mass is 15.1. The maximum Gasteiger partial charge on any atom is 0.0579 e. The summed E-state index contributed by atoms with van der Waals surface area (Å²) in [6.07, 6.45) is 2.37. The Balaban J connectivity index is 2.04. The van der Waals surface area contributed by atoms with Gasteiger partial charge >= 0.3 is 0 Å². The summed E-state index contributed by atoms with van der Waals surface area (Å²) in [5, 5.41) is 3.59. The zero-order valence-electron chi connectivity index (χ0n) is 11.0. The average Bonchev–Trinajstić information content (AvgIpc) is 2.30. The van der Waals surface area contributed by atoms with E-state index in [2.05, 4.69) is 49.3 Å². The van der Waals surface area contributed by atoms with E-state index < -0.39 is 0 Å². The topological polar surface area (TPSA) is 41.3 Å². The Hall–Kier alpha value is -1.22. The molecule has 1 aliphatic heterocycles. The molecule has 1 heterocycles. The molecule has 1 aromatic carbocycles. The minimum absolute atomic E-state index is 0.547. The number of nitrogens with zero attached hydrogens (tertiary/aromatic N) is 1. The fraction of sp³-hybridized carbons (Fsp3) is 0.571. The number of nitrogens with two attached hydrogens (primary N) is 1. The van der Waals surface area contributed by atoms with Crippen LogP contribution >= 0.6 is 0 Å². The first-order chi connectivity index (χ1) is 8.08. The Morgan fingerprint density at radius 2 is 2.18 bits per heavy atom. The standard InChI is InChI=1S/C14H23N3/c1-10-5-4-6-13(14(10)15)16-12-7-8-17(3)11(2)9-12/h4-6,11-12,16H,7-9,15H2,1-3H3. The molecule has 0 spiro atoms. The average molecular weight is 233 g/mol. The van der Waals surface area contributed by atoms with Crippen LogP contribution in [0.4, 0.5) is 11.4 Å². The van der Waals surface area contributed by atoms with E-state index in [1.807, 2.05) is 0 Å². The Kier molecular flexibility index (Phi) is 3.57. The van der Waals surface area contributed by atoms with Gasteiger partial charge in [0, 0.05) is 18.6 Å². The van der Waals surface area contributed by atoms with E-state index >= 15 is 0 Å². The van der Waals surface area contributed by atoms with Crippen LogP contribution in [0, 0.1) is 6.92 Å². The van der Waals surface area contributed by atoms with Crippen molar-refractivity contribution in [1.82, 2.24) is 4.90 Å². The number of piperidine rings is 1. The van der Waals surface area contributed by atoms with E-state index in [1.54, 1.807) is 0 Å². The molecule has 1 fully saturated rings. The molecule has 1 aliphatic rings. The maximum atomic E-state index is 6.09. The molecular formula is C14H23N3. The number of hydrogen-bond acceptors (Lipinski definition) is 3. The van der Waals surface area contributed by atoms with Gasteiger partial charge in [0.1, 0.15) is 0 Å². The summed E-state index contributed by atoms with van der Waals surface area (Å²) < 4.78 is 0. The Bertz CT molecular complexity index is 389. The molecule has 94 valence electrons. The predicted molar refractivity (Wildman–Crippen MR) is 74.3 cm³/mol. The first-order valence-corrected chi connectivity index (χ1v) is 6.40. The molecular weight excluding hydrogens is 210 g/mol. The van der Waals surface area contributed by atoms with Crippen LogP contribution in [-0.2, 0) is 0 Å². The predicted octanol–water partition coefficient (Wildman–Crippen LogP) is 2.47. The molecule has 2 atom stereocenters. The minimum atomic E-state index is 0.547. The van der Waals surface area contributed by atoms with Crippen molar-refractivity contribution in [3.63, 3.8) is 0 Å². The second-order valence-electron chi connectivity index (χ2n) is 5.23. The molecule has 17 heavy (non-hydrogen) atoms. The fourth-order valence-corrected chi connectivity index (χ4v) is 2.45. The molecule has 3 heteroatoms. The van der Waals surface area contributed by atoms with Crippen molar-refractivity contribution in [2.45, 2.75) is 38.8 Å². The third-order valence-corrected chi connectivity index (χ3v) is 3.89. The van der Waals surface area contributed by atoms with Crippen molar-refractivity contribution in [1.29, 1.82) is 0 Å². The zero-order valence-corrected chi connectivity index (χ0v) is 11.0. The molecule has 2 rings (SSSR count). The summed E-state index contributed by atoms with van der Waals surface area (Å²) in [6, 6.07) is 7.38. The molecule has 1 saturated heterocycles. The molecule has 0 bridgehead atoms. The van der Waals surface area contributed by atoms with Crippen molar-refractivity contribution in [3.05, 3.63) is 23.8 Å². The molecule has 0 aliphatic carbocycles. The van der Waals surface area contributed by atoms with Crippen molar-refractivity contribution in [2.75, 3.05) is 24.6 Å². The van der Waals surface area contributed by atoms with Gasteiger partial charge in [-0.3, -0.25) is 0 Å². The third-order valence-electron chi connectivity index (χ3n) is 3.89. The third kappa shape index (κ3) is 2.72. The van der Waals surface area contributed by atoms with Gasteiger partial charge < -0.3 is 16.0 Å². The van der Waals surface area contributed by atoms with Crippen LogP contribution in [0.1, 0.15) is 25.3 Å². The highest BCUT2D eigenvalue weighted by molar-refractivity contribution is 5.69. The number of hydrogen-bond donors (Lipinski definition) is 2. The van der Waals surface area contributed by atoms with E-state index in [9.17, 15) is 0 Å². The second-order valence-corrected chi connectivity index (χ2v) is 5.23. The number of nitrogen functional groups attached to an aromatic ring is 1. The van der Waals surface area contributed by atoms with Crippen molar-refractivity contribution in [2.24, 2.45) is 0 Å². The van der Waals surface area contributed by atoms with Crippen molar-refractivity contribution in [3.8, 4) is 0 Å². The summed E-state index contributed by atoms with van der Waals surface area (Å²) >= 11 is 0. The minimum Gasteiger partial charge on any atom is -0.397 e. The number of para-hydroxylation sites is 1. The van der Waals surface area contributed by atoms with Crippen LogP contribution in [0.2, 0.25) is 0 Å². The van der Waals surface area contributed by atoms with Crippen molar-refractivity contribution < 1.29 is 0 Å². The lowest BCUT2D eigenvalue weighted by atomic mass is 9.98. The normalized spacial score (nSPS) is 25.8. The van der Waals surface area contributed by atoms with Gasteiger partial charge in [-0.15, -0.1) is 0 Å². The van der Waals surface area contributed by atoms with E-state index in [4.69, 9.17) is 5.73 Å². The second kappa shape index (κ2) is 4.96. The summed E-state index contributed by atoms with van der Waals surface area (Å²) in [5.41, 5.74) is 9.22. The summed E-state index contributed by atoms with van der Waals surface area (Å²) in [5.74, 6) is 0. The first-order valence-electron chi connectivity index (χ1n) is 6.40. The molecule has 3 nitrogen and oxygen atoms in total. The maximum absolute atomic E-state index is 6.09. The Labute approximate surface area is 104 Å². The number of benzene rings is 1. The van der Waals surface area contributed by atoms with Gasteiger partial charge in [-0.2, -0.15) is 0 Å². The SMILES string of the molecule is Cc1cccc(NC2CCN(C)C(C)C2)c1N. The van der Waals surface area contributed by atoms with Gasteiger partial charge in [-0.05, 0) is 45.4 Å². The number of anilines is 2. The molecule has 0 aromatic heterocycles. The largest absolute Gasteiger partial charge is 0.397 e. The fourth-order valence-electron chi connectivity index (χ4n) is 2.45. The van der Waals surface area contributed by atoms with Gasteiger partial charge in [0.05, 0.1) is 11.4 Å². The van der Waals surface area contributed by atoms with Gasteiger partial charge in [0.2, 0.25) is 0 Å². The van der Waals surface area contributed by atoms with Crippen LogP contribution < -0.4 is 11.1 Å². The number of likely N-dealkylation sites (tertiary alicyclic amines) is 1. The highest BCUT2D eigenvalue weighted by Gasteiger charge is 2.22. The summed E-state index contributed by atoms with van der Waals surface area (Å²) in [7, 11) is 2.20. The lowest BCUT2D eigenvalue weighted by molar-refractivity contribution is 0.190. The van der Waals surface area contributed by atoms with Crippen molar-refractivity contribution >= 4 is 11.4 Å². The molecule has 3 N–H and O–H groups in total. The van der Waals surface area contributed by atoms with E-state index in [1.165, 1.54) is 12.8 Å². The number of rotatable bonds is 2. The van der Waals surface area contributed by atoms with Crippen LogP contribution in [0.25, 0.3) is 0 Å². The van der Waals surface area contributed by atoms with Gasteiger partial charge in [-0.1, -0.05) is 12.1 Å². The molecule has 0 amide bonds. The van der Waals surface area contributed by atoms with E-state index in [0.29, 0.717) is 12.1 Å².